The van der Waals surface area contributed by atoms with Gasteiger partial charge in [-0.3, -0.25) is 4.99 Å². The highest BCUT2D eigenvalue weighted by Crippen LogP contribution is 2.05. The Morgan fingerprint density at radius 2 is 2.00 bits per heavy atom. The van der Waals surface area contributed by atoms with Gasteiger partial charge in [0.1, 0.15) is 5.82 Å². The summed E-state index contributed by atoms with van der Waals surface area (Å²) in [7, 11) is 0. The first-order valence-electron chi connectivity index (χ1n) is 8.11. The third-order valence-electron chi connectivity index (χ3n) is 3.14. The highest BCUT2D eigenvalue weighted by Gasteiger charge is 2.01. The molecule has 0 aromatic heterocycles. The Hall–Kier alpha value is -1.62. The van der Waals surface area contributed by atoms with Gasteiger partial charge in [0.2, 0.25) is 0 Å². The van der Waals surface area contributed by atoms with Crippen LogP contribution in [0.2, 0.25) is 0 Å². The van der Waals surface area contributed by atoms with Crippen molar-refractivity contribution in [3.63, 3.8) is 0 Å². The fourth-order valence-corrected chi connectivity index (χ4v) is 1.93. The lowest BCUT2D eigenvalue weighted by Crippen LogP contribution is -2.38. The van der Waals surface area contributed by atoms with E-state index >= 15 is 0 Å². The zero-order valence-corrected chi connectivity index (χ0v) is 13.7. The number of benzene rings is 1. The summed E-state index contributed by atoms with van der Waals surface area (Å²) in [5.41, 5.74) is 0.716. The Labute approximate surface area is 133 Å². The Balaban J connectivity index is 2.29. The predicted octanol–water partition coefficient (Wildman–Crippen LogP) is 2.74. The summed E-state index contributed by atoms with van der Waals surface area (Å²) in [4.78, 5) is 4.44. The van der Waals surface area contributed by atoms with Gasteiger partial charge in [-0.1, -0.05) is 31.5 Å². The number of aliphatic imine (C=N–C) groups is 1. The maximum atomic E-state index is 13.5. The van der Waals surface area contributed by atoms with Crippen molar-refractivity contribution in [1.29, 1.82) is 0 Å². The van der Waals surface area contributed by atoms with Crippen LogP contribution in [0.25, 0.3) is 0 Å². The molecule has 0 saturated heterocycles. The van der Waals surface area contributed by atoms with Crippen LogP contribution in [-0.4, -0.2) is 38.8 Å². The van der Waals surface area contributed by atoms with Gasteiger partial charge in [0.15, 0.2) is 5.96 Å². The monoisotopic (exact) mass is 309 g/mol. The number of ether oxygens (including phenoxy) is 1. The summed E-state index contributed by atoms with van der Waals surface area (Å²) < 4.78 is 19.0. The van der Waals surface area contributed by atoms with Crippen LogP contribution < -0.4 is 10.6 Å². The van der Waals surface area contributed by atoms with E-state index in [-0.39, 0.29) is 5.82 Å². The van der Waals surface area contributed by atoms with Crippen molar-refractivity contribution in [2.24, 2.45) is 4.99 Å². The molecule has 0 aliphatic rings. The standard InChI is InChI=1S/C17H28FN3O/c1-3-5-13-22-14-12-21-17(19-4-2)20-11-10-15-8-6-7-9-16(15)18/h6-9H,3-5,10-14H2,1-2H3,(H2,19,20,21). The van der Waals surface area contributed by atoms with Crippen LogP contribution in [0, 0.1) is 5.82 Å². The van der Waals surface area contributed by atoms with E-state index in [2.05, 4.69) is 22.5 Å². The fourth-order valence-electron chi connectivity index (χ4n) is 1.93. The minimum Gasteiger partial charge on any atom is -0.380 e. The van der Waals surface area contributed by atoms with Crippen molar-refractivity contribution in [1.82, 2.24) is 10.6 Å². The van der Waals surface area contributed by atoms with Crippen LogP contribution in [0.15, 0.2) is 29.3 Å². The van der Waals surface area contributed by atoms with Crippen LogP contribution in [0.5, 0.6) is 0 Å². The van der Waals surface area contributed by atoms with Gasteiger partial charge in [-0.15, -0.1) is 0 Å². The second kappa shape index (κ2) is 12.0. The van der Waals surface area contributed by atoms with Gasteiger partial charge >= 0.3 is 0 Å². The normalized spacial score (nSPS) is 11.5. The van der Waals surface area contributed by atoms with Crippen molar-refractivity contribution in [2.75, 3.05) is 32.8 Å². The Morgan fingerprint density at radius 1 is 1.18 bits per heavy atom. The van der Waals surface area contributed by atoms with E-state index in [9.17, 15) is 4.39 Å². The molecule has 0 spiro atoms. The van der Waals surface area contributed by atoms with E-state index in [0.29, 0.717) is 31.7 Å². The number of unbranched alkanes of at least 4 members (excludes halogenated alkanes) is 1. The second-order valence-corrected chi connectivity index (χ2v) is 4.99. The summed E-state index contributed by atoms with van der Waals surface area (Å²) in [6, 6.07) is 6.85. The first-order valence-corrected chi connectivity index (χ1v) is 8.11. The van der Waals surface area contributed by atoms with Crippen molar-refractivity contribution >= 4 is 5.96 Å². The van der Waals surface area contributed by atoms with Crippen LogP contribution in [-0.2, 0) is 11.2 Å². The summed E-state index contributed by atoms with van der Waals surface area (Å²) in [6.07, 6.45) is 2.86. The van der Waals surface area contributed by atoms with E-state index in [1.165, 1.54) is 6.07 Å². The zero-order chi connectivity index (χ0) is 16.0. The highest BCUT2D eigenvalue weighted by molar-refractivity contribution is 5.79. The fraction of sp³-hybridized carbons (Fsp3) is 0.588. The maximum absolute atomic E-state index is 13.5. The minimum atomic E-state index is -0.157. The van der Waals surface area contributed by atoms with E-state index in [1.807, 2.05) is 19.1 Å². The van der Waals surface area contributed by atoms with E-state index < -0.39 is 0 Å². The van der Waals surface area contributed by atoms with E-state index in [0.717, 1.165) is 32.0 Å². The lowest BCUT2D eigenvalue weighted by atomic mass is 10.1. The smallest absolute Gasteiger partial charge is 0.191 e. The number of hydrogen-bond acceptors (Lipinski definition) is 2. The molecular weight excluding hydrogens is 281 g/mol. The van der Waals surface area contributed by atoms with Crippen LogP contribution in [0.1, 0.15) is 32.3 Å². The molecule has 0 unspecified atom stereocenters. The molecule has 2 N–H and O–H groups in total. The molecule has 0 heterocycles. The van der Waals surface area contributed by atoms with Gasteiger partial charge in [-0.2, -0.15) is 0 Å². The van der Waals surface area contributed by atoms with Crippen molar-refractivity contribution < 1.29 is 9.13 Å². The molecule has 0 atom stereocenters. The van der Waals surface area contributed by atoms with Gasteiger partial charge in [-0.25, -0.2) is 4.39 Å². The molecule has 0 amide bonds. The summed E-state index contributed by atoms with van der Waals surface area (Å²) in [5.74, 6) is 0.591. The van der Waals surface area contributed by atoms with E-state index in [1.54, 1.807) is 6.07 Å². The third-order valence-corrected chi connectivity index (χ3v) is 3.14. The minimum absolute atomic E-state index is 0.157. The quantitative estimate of drug-likeness (QED) is 0.397. The van der Waals surface area contributed by atoms with Crippen LogP contribution in [0.4, 0.5) is 4.39 Å². The summed E-state index contributed by atoms with van der Waals surface area (Å²) in [5, 5.41) is 6.39. The molecule has 0 aliphatic carbocycles. The first-order chi connectivity index (χ1) is 10.8. The largest absolute Gasteiger partial charge is 0.380 e. The topological polar surface area (TPSA) is 45.6 Å². The molecule has 1 aromatic carbocycles. The number of nitrogens with one attached hydrogen (secondary N) is 2. The molecule has 124 valence electrons. The third kappa shape index (κ3) is 7.98. The number of nitrogens with zero attached hydrogens (tertiary/aromatic N) is 1. The van der Waals surface area contributed by atoms with Crippen molar-refractivity contribution in [2.45, 2.75) is 33.1 Å². The predicted molar refractivity (Wildman–Crippen MR) is 89.8 cm³/mol. The SMILES string of the molecule is CCCCOCCN=C(NCC)NCCc1ccccc1F. The molecular formula is C17H28FN3O. The second-order valence-electron chi connectivity index (χ2n) is 4.99. The Bertz CT molecular complexity index is 438. The summed E-state index contributed by atoms with van der Waals surface area (Å²) >= 11 is 0. The Morgan fingerprint density at radius 3 is 2.73 bits per heavy atom. The number of hydrogen-bond donors (Lipinski definition) is 2. The molecule has 5 heteroatoms. The Kier molecular flexibility index (Phi) is 10.0. The molecule has 0 fully saturated rings. The molecule has 0 radical (unpaired) electrons. The van der Waals surface area contributed by atoms with E-state index in [4.69, 9.17) is 4.74 Å². The van der Waals surface area contributed by atoms with Gasteiger partial charge in [0, 0.05) is 19.7 Å². The maximum Gasteiger partial charge on any atom is 0.191 e. The lowest BCUT2D eigenvalue weighted by Gasteiger charge is -2.11. The lowest BCUT2D eigenvalue weighted by molar-refractivity contribution is 0.139. The molecule has 4 nitrogen and oxygen atoms in total. The average Bonchev–Trinajstić information content (AvgIpc) is 2.52. The van der Waals surface area contributed by atoms with Crippen LogP contribution in [0.3, 0.4) is 0 Å². The van der Waals surface area contributed by atoms with Crippen molar-refractivity contribution in [3.05, 3.63) is 35.6 Å². The number of guanidine groups is 1. The average molecular weight is 309 g/mol. The molecule has 0 aliphatic heterocycles. The van der Waals surface area contributed by atoms with Crippen molar-refractivity contribution in [3.8, 4) is 0 Å². The summed E-state index contributed by atoms with van der Waals surface area (Å²) in [6.45, 7) is 7.65. The molecule has 0 bridgehead atoms. The van der Waals surface area contributed by atoms with Crippen LogP contribution >= 0.6 is 0 Å². The van der Waals surface area contributed by atoms with Gasteiger partial charge < -0.3 is 15.4 Å². The molecule has 0 saturated carbocycles. The number of rotatable bonds is 10. The zero-order valence-electron chi connectivity index (χ0n) is 13.7. The van der Waals surface area contributed by atoms with Gasteiger partial charge in [0.05, 0.1) is 13.2 Å². The molecule has 1 rings (SSSR count). The van der Waals surface area contributed by atoms with Gasteiger partial charge in [0.25, 0.3) is 0 Å². The molecule has 1 aromatic rings. The number of halogens is 1. The highest BCUT2D eigenvalue weighted by atomic mass is 19.1. The van der Waals surface area contributed by atoms with Gasteiger partial charge in [-0.05, 0) is 31.4 Å². The molecule has 22 heavy (non-hydrogen) atoms. The first kappa shape index (κ1) is 18.4.